The third-order valence-electron chi connectivity index (χ3n) is 9.95. The van der Waals surface area contributed by atoms with E-state index in [4.69, 9.17) is 14.2 Å². The van der Waals surface area contributed by atoms with Crippen molar-refractivity contribution in [3.8, 4) is 0 Å². The SMILES string of the molecule is CC/C=C/C/C=C/C/C=C/C/C=C/C/C=C/CCC(=O)OCC(COCCC(C(=O)O)[N+](C)(C)C)OC(=O)CCCCCCCCCCCCCCCCCCC. The molecule has 2 atom stereocenters. The van der Waals surface area contributed by atoms with Crippen molar-refractivity contribution in [2.75, 3.05) is 41.0 Å². The molecule has 0 rings (SSSR count). The maximum atomic E-state index is 12.7. The molecule has 2 unspecified atom stereocenters. The third kappa shape index (κ3) is 38.3. The molecule has 0 heterocycles. The van der Waals surface area contributed by atoms with Crippen molar-refractivity contribution in [2.45, 2.75) is 193 Å². The van der Waals surface area contributed by atoms with E-state index in [1.807, 2.05) is 33.3 Å². The number of unbranched alkanes of at least 4 members (excludes halogenated alkanes) is 16. The molecule has 0 spiro atoms. The molecule has 0 aliphatic rings. The number of aliphatic carboxylic acids is 1. The molecule has 8 heteroatoms. The molecule has 0 aromatic heterocycles. The van der Waals surface area contributed by atoms with Crippen LogP contribution in [0.25, 0.3) is 0 Å². The molecule has 0 aliphatic carbocycles. The van der Waals surface area contributed by atoms with Gasteiger partial charge in [-0.1, -0.05) is 177 Å². The largest absolute Gasteiger partial charge is 0.477 e. The van der Waals surface area contributed by atoms with Crippen molar-refractivity contribution >= 4 is 17.9 Å². The number of quaternary nitrogens is 1. The molecule has 0 radical (unpaired) electrons. The average molecular weight is 801 g/mol. The molecule has 0 aliphatic heterocycles. The number of esters is 2. The zero-order valence-electron chi connectivity index (χ0n) is 37.3. The number of rotatable bonds is 40. The van der Waals surface area contributed by atoms with Gasteiger partial charge in [-0.15, -0.1) is 0 Å². The smallest absolute Gasteiger partial charge is 0.362 e. The number of likely N-dealkylation sites (N-methyl/N-ethyl adjacent to an activating group) is 1. The summed E-state index contributed by atoms with van der Waals surface area (Å²) in [7, 11) is 5.51. The Morgan fingerprint density at radius 1 is 0.544 bits per heavy atom. The van der Waals surface area contributed by atoms with E-state index in [1.165, 1.54) is 89.9 Å². The number of carbonyl (C=O) groups excluding carboxylic acids is 2. The Labute approximate surface area is 349 Å². The van der Waals surface area contributed by atoms with E-state index >= 15 is 0 Å². The number of carbonyl (C=O) groups is 3. The first kappa shape index (κ1) is 54.0. The average Bonchev–Trinajstić information content (AvgIpc) is 3.17. The fraction of sp³-hybridized carbons (Fsp3) is 0.735. The molecule has 0 amide bonds. The van der Waals surface area contributed by atoms with Gasteiger partial charge in [0, 0.05) is 19.3 Å². The van der Waals surface area contributed by atoms with Gasteiger partial charge in [0.2, 0.25) is 0 Å². The number of carboxylic acids is 1. The standard InChI is InChI=1S/C49H85NO7/c1-6-8-10-12-14-16-18-20-22-24-26-28-30-32-34-36-38-40-48(52)57-45(43-55-42-41-46(49(53)54)50(3,4)5)44-56-47(51)39-37-35-33-31-29-27-25-23-21-19-17-15-13-11-9-7-2/h9,11,15,17,21,23,27,29,33,35,45-46H,6-8,10,12-14,16,18-20,22,24-26,28,30-32,34,36-44H2,1-5H3/p+1/b11-9+,17-15+,23-21+,29-27+,35-33+. The van der Waals surface area contributed by atoms with Gasteiger partial charge < -0.3 is 23.8 Å². The number of ether oxygens (including phenoxy) is 3. The second-order valence-electron chi connectivity index (χ2n) is 16.3. The summed E-state index contributed by atoms with van der Waals surface area (Å²) in [5.74, 6) is -1.57. The number of nitrogens with zero attached hydrogens (tertiary/aromatic N) is 1. The highest BCUT2D eigenvalue weighted by Gasteiger charge is 2.31. The predicted molar refractivity (Wildman–Crippen MR) is 238 cm³/mol. The summed E-state index contributed by atoms with van der Waals surface area (Å²) in [6.07, 6.45) is 48.5. The van der Waals surface area contributed by atoms with Crippen molar-refractivity contribution in [1.29, 1.82) is 0 Å². The summed E-state index contributed by atoms with van der Waals surface area (Å²) in [5, 5.41) is 9.62. The molecule has 8 nitrogen and oxygen atoms in total. The highest BCUT2D eigenvalue weighted by molar-refractivity contribution is 5.72. The first-order chi connectivity index (χ1) is 27.6. The number of hydrogen-bond donors (Lipinski definition) is 1. The first-order valence-corrected chi connectivity index (χ1v) is 22.8. The van der Waals surface area contributed by atoms with Crippen molar-refractivity contribution in [3.63, 3.8) is 0 Å². The highest BCUT2D eigenvalue weighted by atomic mass is 16.6. The Bertz CT molecular complexity index is 1120. The van der Waals surface area contributed by atoms with Gasteiger partial charge in [0.25, 0.3) is 0 Å². The lowest BCUT2D eigenvalue weighted by atomic mass is 10.0. The highest BCUT2D eigenvalue weighted by Crippen LogP contribution is 2.15. The van der Waals surface area contributed by atoms with Gasteiger partial charge in [-0.25, -0.2) is 4.79 Å². The van der Waals surface area contributed by atoms with Crippen molar-refractivity contribution < 1.29 is 38.2 Å². The zero-order valence-corrected chi connectivity index (χ0v) is 37.3. The van der Waals surface area contributed by atoms with E-state index < -0.39 is 18.1 Å². The van der Waals surface area contributed by atoms with Crippen molar-refractivity contribution in [2.24, 2.45) is 0 Å². The zero-order chi connectivity index (χ0) is 42.1. The van der Waals surface area contributed by atoms with Gasteiger partial charge >= 0.3 is 17.9 Å². The number of carboxylic acid groups (broad SMARTS) is 1. The van der Waals surface area contributed by atoms with Gasteiger partial charge in [-0.05, 0) is 44.9 Å². The van der Waals surface area contributed by atoms with E-state index in [1.54, 1.807) is 0 Å². The molecule has 0 bridgehead atoms. The van der Waals surface area contributed by atoms with Crippen LogP contribution in [0.3, 0.4) is 0 Å². The van der Waals surface area contributed by atoms with Crippen LogP contribution in [0.1, 0.15) is 181 Å². The van der Waals surface area contributed by atoms with Crippen LogP contribution in [0, 0.1) is 0 Å². The van der Waals surface area contributed by atoms with Crippen LogP contribution >= 0.6 is 0 Å². The van der Waals surface area contributed by atoms with E-state index in [0.29, 0.717) is 19.3 Å². The maximum absolute atomic E-state index is 12.7. The normalized spacial score (nSPS) is 13.5. The summed E-state index contributed by atoms with van der Waals surface area (Å²) < 4.78 is 17.2. The second kappa shape index (κ2) is 39.8. The Kier molecular flexibility index (Phi) is 37.8. The maximum Gasteiger partial charge on any atom is 0.362 e. The second-order valence-corrected chi connectivity index (χ2v) is 16.3. The Morgan fingerprint density at radius 3 is 1.42 bits per heavy atom. The summed E-state index contributed by atoms with van der Waals surface area (Å²) in [6.45, 7) is 4.55. The lowest BCUT2D eigenvalue weighted by Gasteiger charge is -2.31. The van der Waals surface area contributed by atoms with Gasteiger partial charge in [0.05, 0.1) is 34.4 Å². The molecule has 0 aromatic carbocycles. The summed E-state index contributed by atoms with van der Waals surface area (Å²) in [6, 6.07) is -0.625. The van der Waals surface area contributed by atoms with Crippen LogP contribution < -0.4 is 0 Å². The molecular weight excluding hydrogens is 715 g/mol. The fourth-order valence-electron chi connectivity index (χ4n) is 6.43. The van der Waals surface area contributed by atoms with E-state index in [9.17, 15) is 19.5 Å². The first-order valence-electron chi connectivity index (χ1n) is 22.8. The Morgan fingerprint density at radius 2 is 0.982 bits per heavy atom. The fourth-order valence-corrected chi connectivity index (χ4v) is 6.43. The summed E-state index contributed by atoms with van der Waals surface area (Å²) in [4.78, 5) is 37.0. The number of hydrogen-bond acceptors (Lipinski definition) is 6. The molecule has 0 saturated carbocycles. The predicted octanol–water partition coefficient (Wildman–Crippen LogP) is 12.6. The molecular formula is C49H86NO7+. The molecule has 0 fully saturated rings. The van der Waals surface area contributed by atoms with Crippen LogP contribution in [-0.4, -0.2) is 80.6 Å². The topological polar surface area (TPSA) is 99.1 Å². The van der Waals surface area contributed by atoms with Crippen LogP contribution in [-0.2, 0) is 28.6 Å². The Hall–Kier alpha value is -2.97. The molecule has 328 valence electrons. The lowest BCUT2D eigenvalue weighted by molar-refractivity contribution is -0.887. The Balaban J connectivity index is 4.42. The van der Waals surface area contributed by atoms with Gasteiger partial charge in [-0.2, -0.15) is 0 Å². The van der Waals surface area contributed by atoms with Crippen LogP contribution in [0.15, 0.2) is 60.8 Å². The van der Waals surface area contributed by atoms with E-state index in [2.05, 4.69) is 62.5 Å². The lowest BCUT2D eigenvalue weighted by Crippen LogP contribution is -2.50. The van der Waals surface area contributed by atoms with Crippen LogP contribution in [0.4, 0.5) is 0 Å². The van der Waals surface area contributed by atoms with Crippen molar-refractivity contribution in [1.82, 2.24) is 0 Å². The third-order valence-corrected chi connectivity index (χ3v) is 9.95. The quantitative estimate of drug-likeness (QED) is 0.0285. The van der Waals surface area contributed by atoms with E-state index in [0.717, 1.165) is 51.4 Å². The number of allylic oxidation sites excluding steroid dienone is 10. The molecule has 1 N–H and O–H groups in total. The van der Waals surface area contributed by atoms with Gasteiger partial charge in [0.15, 0.2) is 12.1 Å². The van der Waals surface area contributed by atoms with Gasteiger partial charge in [-0.3, -0.25) is 9.59 Å². The van der Waals surface area contributed by atoms with E-state index in [-0.39, 0.29) is 42.7 Å². The van der Waals surface area contributed by atoms with Gasteiger partial charge in [0.1, 0.15) is 6.61 Å². The molecule has 0 saturated heterocycles. The van der Waals surface area contributed by atoms with Crippen molar-refractivity contribution in [3.05, 3.63) is 60.8 Å². The minimum atomic E-state index is -0.885. The monoisotopic (exact) mass is 801 g/mol. The minimum absolute atomic E-state index is 0.0380. The summed E-state index contributed by atoms with van der Waals surface area (Å²) in [5.41, 5.74) is 0. The summed E-state index contributed by atoms with van der Waals surface area (Å²) >= 11 is 0. The van der Waals surface area contributed by atoms with Crippen LogP contribution in [0.2, 0.25) is 0 Å². The molecule has 57 heavy (non-hydrogen) atoms. The van der Waals surface area contributed by atoms with Crippen LogP contribution in [0.5, 0.6) is 0 Å². The minimum Gasteiger partial charge on any atom is -0.477 e. The molecule has 0 aromatic rings.